The monoisotopic (exact) mass is 324 g/mol. The Kier molecular flexibility index (Phi) is 4.09. The summed E-state index contributed by atoms with van der Waals surface area (Å²) in [5.74, 6) is 1.33. The van der Waals surface area contributed by atoms with E-state index in [1.165, 1.54) is 17.7 Å². The Morgan fingerprint density at radius 3 is 2.21 bits per heavy atom. The number of nitrogens with zero attached hydrogens (tertiary/aromatic N) is 4. The maximum absolute atomic E-state index is 13.1. The van der Waals surface area contributed by atoms with Crippen molar-refractivity contribution in [2.75, 3.05) is 11.9 Å². The highest BCUT2D eigenvalue weighted by molar-refractivity contribution is 5.56. The van der Waals surface area contributed by atoms with Crippen LogP contribution >= 0.6 is 0 Å². The maximum Gasteiger partial charge on any atom is 0.231 e. The Balaban J connectivity index is 1.98. The van der Waals surface area contributed by atoms with Crippen LogP contribution in [-0.4, -0.2) is 21.8 Å². The SMILES string of the molecule is CN(c1ccc(F)cc1)c1nnc(C(C)(C)c2ccccc2)n1C. The van der Waals surface area contributed by atoms with Crippen molar-refractivity contribution in [3.05, 3.63) is 71.8 Å². The molecule has 1 heterocycles. The minimum absolute atomic E-state index is 0.254. The zero-order valence-corrected chi connectivity index (χ0v) is 14.4. The van der Waals surface area contributed by atoms with E-state index in [1.807, 2.05) is 41.8 Å². The molecule has 0 aliphatic heterocycles. The van der Waals surface area contributed by atoms with Crippen molar-refractivity contribution in [3.63, 3.8) is 0 Å². The van der Waals surface area contributed by atoms with E-state index >= 15 is 0 Å². The van der Waals surface area contributed by atoms with Crippen LogP contribution in [0.2, 0.25) is 0 Å². The average Bonchev–Trinajstić information content (AvgIpc) is 2.98. The lowest BCUT2D eigenvalue weighted by atomic mass is 9.84. The lowest BCUT2D eigenvalue weighted by molar-refractivity contribution is 0.560. The van der Waals surface area contributed by atoms with Crippen molar-refractivity contribution in [1.29, 1.82) is 0 Å². The summed E-state index contributed by atoms with van der Waals surface area (Å²) in [6.07, 6.45) is 0. The molecule has 0 bridgehead atoms. The Morgan fingerprint density at radius 2 is 1.58 bits per heavy atom. The Labute approximate surface area is 141 Å². The van der Waals surface area contributed by atoms with Crippen LogP contribution < -0.4 is 4.90 Å². The number of rotatable bonds is 4. The second-order valence-corrected chi connectivity index (χ2v) is 6.41. The Hall–Kier alpha value is -2.69. The van der Waals surface area contributed by atoms with Gasteiger partial charge in [-0.05, 0) is 43.7 Å². The maximum atomic E-state index is 13.1. The molecular weight excluding hydrogens is 303 g/mol. The third kappa shape index (κ3) is 2.77. The molecule has 0 N–H and O–H groups in total. The first-order valence-electron chi connectivity index (χ1n) is 7.86. The second kappa shape index (κ2) is 6.07. The van der Waals surface area contributed by atoms with Gasteiger partial charge in [0.15, 0.2) is 0 Å². The molecule has 0 saturated heterocycles. The van der Waals surface area contributed by atoms with Crippen LogP contribution in [0.25, 0.3) is 0 Å². The fourth-order valence-electron chi connectivity index (χ4n) is 2.92. The van der Waals surface area contributed by atoms with Gasteiger partial charge >= 0.3 is 0 Å². The number of hydrogen-bond acceptors (Lipinski definition) is 3. The summed E-state index contributed by atoms with van der Waals surface area (Å²) in [5, 5.41) is 8.78. The van der Waals surface area contributed by atoms with E-state index < -0.39 is 0 Å². The van der Waals surface area contributed by atoms with E-state index in [0.717, 1.165) is 11.5 Å². The highest BCUT2D eigenvalue weighted by atomic mass is 19.1. The van der Waals surface area contributed by atoms with E-state index in [2.05, 4.69) is 36.2 Å². The average molecular weight is 324 g/mol. The molecule has 2 aromatic carbocycles. The molecule has 0 amide bonds. The fraction of sp³-hybridized carbons (Fsp3) is 0.263. The van der Waals surface area contributed by atoms with Gasteiger partial charge in [0.25, 0.3) is 0 Å². The third-order valence-electron chi connectivity index (χ3n) is 4.42. The molecule has 3 aromatic rings. The van der Waals surface area contributed by atoms with Crippen molar-refractivity contribution in [2.24, 2.45) is 7.05 Å². The molecular formula is C19H21FN4. The van der Waals surface area contributed by atoms with E-state index in [1.54, 1.807) is 12.1 Å². The molecule has 124 valence electrons. The zero-order valence-electron chi connectivity index (χ0n) is 14.4. The molecule has 0 saturated carbocycles. The van der Waals surface area contributed by atoms with E-state index in [-0.39, 0.29) is 11.2 Å². The topological polar surface area (TPSA) is 34.0 Å². The molecule has 1 aromatic heterocycles. The molecule has 0 unspecified atom stereocenters. The fourth-order valence-corrected chi connectivity index (χ4v) is 2.92. The van der Waals surface area contributed by atoms with Gasteiger partial charge in [0.05, 0.1) is 0 Å². The summed E-state index contributed by atoms with van der Waals surface area (Å²) < 4.78 is 15.1. The van der Waals surface area contributed by atoms with E-state index in [4.69, 9.17) is 0 Å². The molecule has 24 heavy (non-hydrogen) atoms. The van der Waals surface area contributed by atoms with Gasteiger partial charge in [0.2, 0.25) is 5.95 Å². The number of anilines is 2. The lowest BCUT2D eigenvalue weighted by Gasteiger charge is -2.25. The van der Waals surface area contributed by atoms with Crippen LogP contribution in [0.5, 0.6) is 0 Å². The van der Waals surface area contributed by atoms with Gasteiger partial charge in [-0.25, -0.2) is 4.39 Å². The first kappa shape index (κ1) is 16.2. The summed E-state index contributed by atoms with van der Waals surface area (Å²) >= 11 is 0. The van der Waals surface area contributed by atoms with Crippen LogP contribution in [0.4, 0.5) is 16.0 Å². The summed E-state index contributed by atoms with van der Waals surface area (Å²) in [6.45, 7) is 4.27. The van der Waals surface area contributed by atoms with Crippen LogP contribution in [0.1, 0.15) is 25.2 Å². The predicted octanol–water partition coefficient (Wildman–Crippen LogP) is 4.05. The standard InChI is InChI=1S/C19H21FN4/c1-19(2,14-8-6-5-7-9-14)17-21-22-18(24(17)4)23(3)16-12-10-15(20)11-13-16/h5-13H,1-4H3. The molecule has 0 atom stereocenters. The minimum atomic E-state index is -0.273. The Morgan fingerprint density at radius 1 is 0.958 bits per heavy atom. The number of aromatic nitrogens is 3. The van der Waals surface area contributed by atoms with Crippen molar-refractivity contribution >= 4 is 11.6 Å². The number of benzene rings is 2. The normalized spacial score (nSPS) is 11.5. The molecule has 0 spiro atoms. The van der Waals surface area contributed by atoms with E-state index in [0.29, 0.717) is 5.95 Å². The lowest BCUT2D eigenvalue weighted by Crippen LogP contribution is -2.24. The molecule has 0 radical (unpaired) electrons. The van der Waals surface area contributed by atoms with Gasteiger partial charge in [-0.2, -0.15) is 0 Å². The van der Waals surface area contributed by atoms with Crippen LogP contribution in [0.3, 0.4) is 0 Å². The summed E-state index contributed by atoms with van der Waals surface area (Å²) in [5.41, 5.74) is 1.76. The van der Waals surface area contributed by atoms with Gasteiger partial charge in [0.1, 0.15) is 11.6 Å². The minimum Gasteiger partial charge on any atom is -0.314 e. The molecule has 0 aliphatic carbocycles. The van der Waals surface area contributed by atoms with Gasteiger partial charge in [-0.1, -0.05) is 30.3 Å². The van der Waals surface area contributed by atoms with Gasteiger partial charge in [-0.3, -0.25) is 4.57 Å². The molecule has 3 rings (SSSR count). The van der Waals surface area contributed by atoms with Crippen LogP contribution in [-0.2, 0) is 12.5 Å². The Bertz CT molecular complexity index is 822. The zero-order chi connectivity index (χ0) is 17.3. The second-order valence-electron chi connectivity index (χ2n) is 6.41. The van der Waals surface area contributed by atoms with Crippen LogP contribution in [0.15, 0.2) is 54.6 Å². The summed E-state index contributed by atoms with van der Waals surface area (Å²) in [7, 11) is 3.85. The van der Waals surface area contributed by atoms with Crippen molar-refractivity contribution < 1.29 is 4.39 Å². The van der Waals surface area contributed by atoms with Gasteiger partial charge in [0, 0.05) is 25.2 Å². The smallest absolute Gasteiger partial charge is 0.231 e. The summed E-state index contributed by atoms with van der Waals surface area (Å²) in [6, 6.07) is 16.6. The quantitative estimate of drug-likeness (QED) is 0.726. The first-order valence-corrected chi connectivity index (χ1v) is 7.86. The number of halogens is 1. The first-order chi connectivity index (χ1) is 11.4. The van der Waals surface area contributed by atoms with Crippen LogP contribution in [0, 0.1) is 5.82 Å². The third-order valence-corrected chi connectivity index (χ3v) is 4.42. The number of hydrogen-bond donors (Lipinski definition) is 0. The molecule has 4 nitrogen and oxygen atoms in total. The van der Waals surface area contributed by atoms with Crippen molar-refractivity contribution in [1.82, 2.24) is 14.8 Å². The highest BCUT2D eigenvalue weighted by Gasteiger charge is 2.30. The molecule has 5 heteroatoms. The highest BCUT2D eigenvalue weighted by Crippen LogP contribution is 2.32. The van der Waals surface area contributed by atoms with Crippen molar-refractivity contribution in [3.8, 4) is 0 Å². The van der Waals surface area contributed by atoms with Crippen molar-refractivity contribution in [2.45, 2.75) is 19.3 Å². The molecule has 0 fully saturated rings. The largest absolute Gasteiger partial charge is 0.314 e. The van der Waals surface area contributed by atoms with Gasteiger partial charge < -0.3 is 4.90 Å². The van der Waals surface area contributed by atoms with Gasteiger partial charge in [-0.15, -0.1) is 10.2 Å². The van der Waals surface area contributed by atoms with E-state index in [9.17, 15) is 4.39 Å². The predicted molar refractivity (Wildman–Crippen MR) is 94.0 cm³/mol. The summed E-state index contributed by atoms with van der Waals surface area (Å²) in [4.78, 5) is 1.90. The molecule has 0 aliphatic rings.